The van der Waals surface area contributed by atoms with Gasteiger partial charge in [0.15, 0.2) is 0 Å². The fourth-order valence-electron chi connectivity index (χ4n) is 1.53. The molecule has 19 heavy (non-hydrogen) atoms. The maximum absolute atomic E-state index is 10.7. The molecule has 7 heteroatoms. The number of hydrogen-bond acceptors (Lipinski definition) is 3. The van der Waals surface area contributed by atoms with Gasteiger partial charge in [0.2, 0.25) is 15.9 Å². The van der Waals surface area contributed by atoms with Crippen LogP contribution in [0.15, 0.2) is 33.6 Å². The molecule has 2 rings (SSSR count). The molecule has 0 aromatic heterocycles. The van der Waals surface area contributed by atoms with E-state index in [4.69, 9.17) is 5.14 Å². The Morgan fingerprint density at radius 3 is 2.32 bits per heavy atom. The molecular formula is C12H17BrN2O3S. The summed E-state index contributed by atoms with van der Waals surface area (Å²) < 4.78 is 22.2. The standard InChI is InChI=1S/C6H6BrNO2S.C6H11NO/c7-5-1-3-6(4-2-5)11(8,9)10;8-6-4-2-1-3-5-7-6/h1-4H,(H2,8,9,10);1-5H2,(H,7,8). The van der Waals surface area contributed by atoms with Crippen LogP contribution in [0.3, 0.4) is 0 Å². The minimum absolute atomic E-state index is 0.126. The van der Waals surface area contributed by atoms with Crippen LogP contribution in [0, 0.1) is 0 Å². The maximum Gasteiger partial charge on any atom is 0.238 e. The van der Waals surface area contributed by atoms with Gasteiger partial charge in [-0.05, 0) is 37.1 Å². The zero-order chi connectivity index (χ0) is 14.3. The predicted octanol–water partition coefficient (Wildman–Crippen LogP) is 1.77. The first-order chi connectivity index (χ1) is 8.89. The van der Waals surface area contributed by atoms with E-state index in [0.717, 1.165) is 30.3 Å². The Hall–Kier alpha value is -0.920. The summed E-state index contributed by atoms with van der Waals surface area (Å²) in [6, 6.07) is 6.14. The highest BCUT2D eigenvalue weighted by Crippen LogP contribution is 2.12. The SMILES string of the molecule is NS(=O)(=O)c1ccc(Br)cc1.O=C1CCCCCN1. The molecule has 1 aliphatic heterocycles. The predicted molar refractivity (Wildman–Crippen MR) is 77.0 cm³/mol. The second-order valence-electron chi connectivity index (χ2n) is 4.16. The number of hydrogen-bond donors (Lipinski definition) is 2. The van der Waals surface area contributed by atoms with Crippen molar-refractivity contribution in [1.29, 1.82) is 0 Å². The van der Waals surface area contributed by atoms with Crippen molar-refractivity contribution in [1.82, 2.24) is 5.32 Å². The van der Waals surface area contributed by atoms with Crippen LogP contribution >= 0.6 is 15.9 Å². The Bertz CT molecular complexity index is 504. The van der Waals surface area contributed by atoms with Gasteiger partial charge in [0, 0.05) is 17.4 Å². The molecule has 0 atom stereocenters. The van der Waals surface area contributed by atoms with E-state index in [2.05, 4.69) is 21.2 Å². The van der Waals surface area contributed by atoms with E-state index in [1.807, 2.05) is 0 Å². The molecule has 1 aliphatic rings. The number of carbonyl (C=O) groups excluding carboxylic acids is 1. The molecule has 3 N–H and O–H groups in total. The lowest BCUT2D eigenvalue weighted by molar-refractivity contribution is -0.120. The van der Waals surface area contributed by atoms with Gasteiger partial charge in [-0.2, -0.15) is 0 Å². The van der Waals surface area contributed by atoms with Gasteiger partial charge in [-0.15, -0.1) is 0 Å². The highest BCUT2D eigenvalue weighted by Gasteiger charge is 2.05. The molecule has 1 saturated heterocycles. The van der Waals surface area contributed by atoms with Crippen molar-refractivity contribution in [3.8, 4) is 0 Å². The molecule has 1 fully saturated rings. The van der Waals surface area contributed by atoms with E-state index in [1.54, 1.807) is 12.1 Å². The molecule has 0 spiro atoms. The van der Waals surface area contributed by atoms with Crippen LogP contribution in [0.4, 0.5) is 0 Å². The van der Waals surface area contributed by atoms with Crippen LogP contribution in [-0.2, 0) is 14.8 Å². The highest BCUT2D eigenvalue weighted by molar-refractivity contribution is 9.10. The average molecular weight is 349 g/mol. The molecule has 0 radical (unpaired) electrons. The molecule has 1 heterocycles. The molecule has 106 valence electrons. The van der Waals surface area contributed by atoms with E-state index in [-0.39, 0.29) is 10.8 Å². The Morgan fingerprint density at radius 1 is 1.11 bits per heavy atom. The van der Waals surface area contributed by atoms with E-state index in [1.165, 1.54) is 18.6 Å². The third-order valence-electron chi connectivity index (χ3n) is 2.54. The summed E-state index contributed by atoms with van der Waals surface area (Å²) in [7, 11) is -3.54. The fourth-order valence-corrected chi connectivity index (χ4v) is 2.31. The Balaban J connectivity index is 0.000000200. The minimum atomic E-state index is -3.54. The molecule has 0 unspecified atom stereocenters. The molecular weight excluding hydrogens is 332 g/mol. The van der Waals surface area contributed by atoms with E-state index >= 15 is 0 Å². The van der Waals surface area contributed by atoms with Crippen molar-refractivity contribution < 1.29 is 13.2 Å². The van der Waals surface area contributed by atoms with Gasteiger partial charge in [0.25, 0.3) is 0 Å². The summed E-state index contributed by atoms with van der Waals surface area (Å²) in [6.07, 6.45) is 4.18. The van der Waals surface area contributed by atoms with Crippen LogP contribution < -0.4 is 10.5 Å². The van der Waals surface area contributed by atoms with Gasteiger partial charge in [-0.1, -0.05) is 22.4 Å². The molecule has 1 amide bonds. The smallest absolute Gasteiger partial charge is 0.238 e. The van der Waals surface area contributed by atoms with Crippen LogP contribution in [0.25, 0.3) is 0 Å². The normalized spacial score (nSPS) is 15.8. The minimum Gasteiger partial charge on any atom is -0.356 e. The van der Waals surface area contributed by atoms with Crippen molar-refractivity contribution in [2.24, 2.45) is 5.14 Å². The first-order valence-corrected chi connectivity index (χ1v) is 8.28. The maximum atomic E-state index is 10.7. The molecule has 0 bridgehead atoms. The molecule has 0 saturated carbocycles. The fraction of sp³-hybridized carbons (Fsp3) is 0.417. The summed E-state index contributed by atoms with van der Waals surface area (Å²) in [6.45, 7) is 0.888. The van der Waals surface area contributed by atoms with E-state index < -0.39 is 10.0 Å². The zero-order valence-corrected chi connectivity index (χ0v) is 12.8. The lowest BCUT2D eigenvalue weighted by atomic mass is 10.2. The molecule has 1 aromatic carbocycles. The van der Waals surface area contributed by atoms with E-state index in [9.17, 15) is 13.2 Å². The topological polar surface area (TPSA) is 89.3 Å². The quantitative estimate of drug-likeness (QED) is 0.810. The Labute approximate surface area is 121 Å². The summed E-state index contributed by atoms with van der Waals surface area (Å²) in [5, 5.41) is 7.67. The molecule has 5 nitrogen and oxygen atoms in total. The second-order valence-corrected chi connectivity index (χ2v) is 6.64. The third kappa shape index (κ3) is 6.70. The summed E-state index contributed by atoms with van der Waals surface area (Å²) in [5.41, 5.74) is 0. The van der Waals surface area contributed by atoms with Crippen LogP contribution in [0.2, 0.25) is 0 Å². The van der Waals surface area contributed by atoms with Gasteiger partial charge in [0.1, 0.15) is 0 Å². The lowest BCUT2D eigenvalue weighted by Gasteiger charge is -1.95. The number of primary sulfonamides is 1. The van der Waals surface area contributed by atoms with Crippen LogP contribution in [-0.4, -0.2) is 20.9 Å². The number of carbonyl (C=O) groups is 1. The summed E-state index contributed by atoms with van der Waals surface area (Å²) >= 11 is 3.18. The van der Waals surface area contributed by atoms with Gasteiger partial charge in [-0.25, -0.2) is 13.6 Å². The monoisotopic (exact) mass is 348 g/mol. The number of sulfonamides is 1. The first kappa shape index (κ1) is 16.1. The van der Waals surface area contributed by atoms with Crippen LogP contribution in [0.1, 0.15) is 25.7 Å². The number of rotatable bonds is 1. The zero-order valence-electron chi connectivity index (χ0n) is 10.4. The summed E-state index contributed by atoms with van der Waals surface area (Å²) in [4.78, 5) is 10.7. The number of halogens is 1. The van der Waals surface area contributed by atoms with Crippen molar-refractivity contribution in [3.63, 3.8) is 0 Å². The highest BCUT2D eigenvalue weighted by atomic mass is 79.9. The Kier molecular flexibility index (Phi) is 6.47. The molecule has 0 aliphatic carbocycles. The second kappa shape index (κ2) is 7.62. The number of amides is 1. The Morgan fingerprint density at radius 2 is 1.74 bits per heavy atom. The lowest BCUT2D eigenvalue weighted by Crippen LogP contribution is -2.21. The number of nitrogens with two attached hydrogens (primary N) is 1. The average Bonchev–Trinajstić information content (AvgIpc) is 2.57. The molecule has 1 aromatic rings. The van der Waals surface area contributed by atoms with Gasteiger partial charge < -0.3 is 5.32 Å². The van der Waals surface area contributed by atoms with Crippen molar-refractivity contribution in [2.75, 3.05) is 6.54 Å². The number of benzene rings is 1. The van der Waals surface area contributed by atoms with Gasteiger partial charge in [-0.3, -0.25) is 4.79 Å². The van der Waals surface area contributed by atoms with Gasteiger partial charge in [0.05, 0.1) is 4.90 Å². The first-order valence-electron chi connectivity index (χ1n) is 5.94. The number of nitrogens with one attached hydrogen (secondary N) is 1. The third-order valence-corrected chi connectivity index (χ3v) is 4.00. The summed E-state index contributed by atoms with van der Waals surface area (Å²) in [5.74, 6) is 0.225. The van der Waals surface area contributed by atoms with Crippen molar-refractivity contribution in [2.45, 2.75) is 30.6 Å². The van der Waals surface area contributed by atoms with Crippen molar-refractivity contribution in [3.05, 3.63) is 28.7 Å². The largest absolute Gasteiger partial charge is 0.356 e. The van der Waals surface area contributed by atoms with Crippen molar-refractivity contribution >= 4 is 31.9 Å². The van der Waals surface area contributed by atoms with E-state index in [0.29, 0.717) is 0 Å². The van der Waals surface area contributed by atoms with Gasteiger partial charge >= 0.3 is 0 Å². The van der Waals surface area contributed by atoms with Crippen LogP contribution in [0.5, 0.6) is 0 Å².